The summed E-state index contributed by atoms with van der Waals surface area (Å²) in [6.45, 7) is 1.23. The maximum atomic E-state index is 13.6. The van der Waals surface area contributed by atoms with Crippen molar-refractivity contribution in [3.8, 4) is 0 Å². The lowest BCUT2D eigenvalue weighted by molar-refractivity contribution is -0.114. The zero-order valence-electron chi connectivity index (χ0n) is 13.0. The molecule has 0 unspecified atom stereocenters. The molecule has 0 radical (unpaired) electrons. The third-order valence-electron chi connectivity index (χ3n) is 3.88. The molecule has 1 amide bonds. The fourth-order valence-corrected chi connectivity index (χ4v) is 3.93. The summed E-state index contributed by atoms with van der Waals surface area (Å²) in [6, 6.07) is 12.8. The van der Waals surface area contributed by atoms with Crippen LogP contribution in [0.5, 0.6) is 0 Å². The van der Waals surface area contributed by atoms with E-state index in [0.717, 1.165) is 24.1 Å². The second kappa shape index (κ2) is 6.33. The summed E-state index contributed by atoms with van der Waals surface area (Å²) in [6.07, 6.45) is 0.725. The number of nitrogens with one attached hydrogen (secondary N) is 2. The number of sulfonamides is 1. The number of amides is 1. The van der Waals surface area contributed by atoms with Crippen molar-refractivity contribution in [2.45, 2.75) is 30.2 Å². The third-order valence-corrected chi connectivity index (χ3v) is 5.37. The minimum Gasteiger partial charge on any atom is -0.324 e. The van der Waals surface area contributed by atoms with Crippen LogP contribution in [0.4, 0.5) is 10.1 Å². The summed E-state index contributed by atoms with van der Waals surface area (Å²) in [5.74, 6) is -1.00. The standard InChI is InChI=1S/C17H17FN2O3S/c1-11(21)19-17-9-13(7-8-15(17)18)24(22,23)20-16-10-14(16)12-5-3-2-4-6-12/h2-9,14,16,20H,10H2,1H3,(H,19,21)/t14-,16+/m1/s1. The number of halogens is 1. The number of hydrogen-bond donors (Lipinski definition) is 2. The van der Waals surface area contributed by atoms with Crippen LogP contribution in [-0.2, 0) is 14.8 Å². The van der Waals surface area contributed by atoms with Gasteiger partial charge in [0.15, 0.2) is 0 Å². The van der Waals surface area contributed by atoms with E-state index in [2.05, 4.69) is 10.0 Å². The van der Waals surface area contributed by atoms with Crippen LogP contribution in [0.3, 0.4) is 0 Å². The Morgan fingerprint density at radius 2 is 1.88 bits per heavy atom. The van der Waals surface area contributed by atoms with Crippen LogP contribution in [0.25, 0.3) is 0 Å². The summed E-state index contributed by atoms with van der Waals surface area (Å²) in [4.78, 5) is 11.0. The molecule has 1 aliphatic rings. The molecule has 0 bridgehead atoms. The van der Waals surface area contributed by atoms with Crippen molar-refractivity contribution in [2.24, 2.45) is 0 Å². The van der Waals surface area contributed by atoms with Crippen molar-refractivity contribution in [3.63, 3.8) is 0 Å². The smallest absolute Gasteiger partial charge is 0.240 e. The van der Waals surface area contributed by atoms with Crippen LogP contribution < -0.4 is 10.0 Å². The Morgan fingerprint density at radius 3 is 2.54 bits per heavy atom. The van der Waals surface area contributed by atoms with Gasteiger partial charge >= 0.3 is 0 Å². The number of anilines is 1. The normalized spacial score (nSPS) is 19.8. The monoisotopic (exact) mass is 348 g/mol. The van der Waals surface area contributed by atoms with Gasteiger partial charge in [0, 0.05) is 18.9 Å². The minimum atomic E-state index is -3.78. The molecule has 2 aromatic carbocycles. The van der Waals surface area contributed by atoms with Gasteiger partial charge in [0.05, 0.1) is 10.6 Å². The van der Waals surface area contributed by atoms with E-state index in [0.29, 0.717) is 0 Å². The SMILES string of the molecule is CC(=O)Nc1cc(S(=O)(=O)N[C@H]2C[C@@H]2c2ccccc2)ccc1F. The maximum absolute atomic E-state index is 13.6. The molecule has 2 aromatic rings. The summed E-state index contributed by atoms with van der Waals surface area (Å²) in [5, 5.41) is 2.28. The van der Waals surface area contributed by atoms with Crippen LogP contribution >= 0.6 is 0 Å². The van der Waals surface area contributed by atoms with Crippen molar-refractivity contribution >= 4 is 21.6 Å². The van der Waals surface area contributed by atoms with E-state index in [1.807, 2.05) is 30.3 Å². The van der Waals surface area contributed by atoms with Gasteiger partial charge in [-0.1, -0.05) is 30.3 Å². The molecule has 3 rings (SSSR count). The molecule has 0 aromatic heterocycles. The lowest BCUT2D eigenvalue weighted by Crippen LogP contribution is -2.27. The zero-order chi connectivity index (χ0) is 17.3. The number of rotatable bonds is 5. The first-order valence-corrected chi connectivity index (χ1v) is 8.99. The van der Waals surface area contributed by atoms with Gasteiger partial charge in [-0.3, -0.25) is 4.79 Å². The second-order valence-corrected chi connectivity index (χ2v) is 7.52. The fraction of sp³-hybridized carbons (Fsp3) is 0.235. The highest BCUT2D eigenvalue weighted by Gasteiger charge is 2.41. The zero-order valence-corrected chi connectivity index (χ0v) is 13.8. The molecule has 7 heteroatoms. The lowest BCUT2D eigenvalue weighted by Gasteiger charge is -2.09. The highest BCUT2D eigenvalue weighted by molar-refractivity contribution is 7.89. The van der Waals surface area contributed by atoms with Crippen molar-refractivity contribution in [1.29, 1.82) is 0 Å². The van der Waals surface area contributed by atoms with Gasteiger partial charge in [-0.2, -0.15) is 0 Å². The van der Waals surface area contributed by atoms with E-state index in [1.54, 1.807) is 0 Å². The van der Waals surface area contributed by atoms with E-state index in [1.165, 1.54) is 13.0 Å². The molecule has 0 spiro atoms. The summed E-state index contributed by atoms with van der Waals surface area (Å²) in [5.41, 5.74) is 0.934. The number of carbonyl (C=O) groups excluding carboxylic acids is 1. The molecule has 1 fully saturated rings. The number of hydrogen-bond acceptors (Lipinski definition) is 3. The second-order valence-electron chi connectivity index (χ2n) is 5.80. The molecule has 2 N–H and O–H groups in total. The molecule has 126 valence electrons. The summed E-state index contributed by atoms with van der Waals surface area (Å²) in [7, 11) is -3.78. The maximum Gasteiger partial charge on any atom is 0.240 e. The van der Waals surface area contributed by atoms with Crippen molar-refractivity contribution in [3.05, 3.63) is 59.9 Å². The Bertz CT molecular complexity index is 869. The van der Waals surface area contributed by atoms with Gasteiger partial charge in [0.25, 0.3) is 0 Å². The topological polar surface area (TPSA) is 75.3 Å². The molecule has 0 aliphatic heterocycles. The van der Waals surface area contributed by atoms with E-state index >= 15 is 0 Å². The van der Waals surface area contributed by atoms with Crippen LogP contribution in [0.1, 0.15) is 24.8 Å². The minimum absolute atomic E-state index is 0.0774. The van der Waals surface area contributed by atoms with Gasteiger partial charge in [-0.15, -0.1) is 0 Å². The Kier molecular flexibility index (Phi) is 4.38. The Labute approximate surface area is 139 Å². The molecule has 24 heavy (non-hydrogen) atoms. The van der Waals surface area contributed by atoms with Crippen molar-refractivity contribution in [2.75, 3.05) is 5.32 Å². The summed E-state index contributed by atoms with van der Waals surface area (Å²) >= 11 is 0. The molecular formula is C17H17FN2O3S. The predicted octanol–water partition coefficient (Wildman–Crippen LogP) is 2.62. The van der Waals surface area contributed by atoms with E-state index in [-0.39, 0.29) is 22.5 Å². The first-order chi connectivity index (χ1) is 11.4. The van der Waals surface area contributed by atoms with Crippen LogP contribution in [0, 0.1) is 5.82 Å². The van der Waals surface area contributed by atoms with Crippen molar-refractivity contribution < 1.29 is 17.6 Å². The lowest BCUT2D eigenvalue weighted by atomic mass is 10.1. The first-order valence-electron chi connectivity index (χ1n) is 7.51. The molecule has 0 saturated heterocycles. The quantitative estimate of drug-likeness (QED) is 0.872. The van der Waals surface area contributed by atoms with Gasteiger partial charge in [-0.05, 0) is 30.2 Å². The number of benzene rings is 2. The van der Waals surface area contributed by atoms with Gasteiger partial charge in [0.1, 0.15) is 5.82 Å². The molecular weight excluding hydrogens is 331 g/mol. The average Bonchev–Trinajstić information content (AvgIpc) is 3.28. The Hall–Kier alpha value is -2.25. The highest BCUT2D eigenvalue weighted by Crippen LogP contribution is 2.41. The largest absolute Gasteiger partial charge is 0.324 e. The Balaban J connectivity index is 1.76. The van der Waals surface area contributed by atoms with E-state index in [4.69, 9.17) is 0 Å². The molecule has 2 atom stereocenters. The van der Waals surface area contributed by atoms with Gasteiger partial charge < -0.3 is 5.32 Å². The van der Waals surface area contributed by atoms with E-state index < -0.39 is 21.7 Å². The molecule has 0 heterocycles. The molecule has 5 nitrogen and oxygen atoms in total. The molecule has 1 aliphatic carbocycles. The van der Waals surface area contributed by atoms with Crippen LogP contribution in [-0.4, -0.2) is 20.4 Å². The molecule has 1 saturated carbocycles. The van der Waals surface area contributed by atoms with Crippen LogP contribution in [0.15, 0.2) is 53.4 Å². The Morgan fingerprint density at radius 1 is 1.17 bits per heavy atom. The first kappa shape index (κ1) is 16.6. The van der Waals surface area contributed by atoms with Gasteiger partial charge in [-0.25, -0.2) is 17.5 Å². The number of carbonyl (C=O) groups is 1. The van der Waals surface area contributed by atoms with Crippen molar-refractivity contribution in [1.82, 2.24) is 4.72 Å². The fourth-order valence-electron chi connectivity index (χ4n) is 2.62. The van der Waals surface area contributed by atoms with E-state index in [9.17, 15) is 17.6 Å². The highest BCUT2D eigenvalue weighted by atomic mass is 32.2. The van der Waals surface area contributed by atoms with Crippen LogP contribution in [0.2, 0.25) is 0 Å². The van der Waals surface area contributed by atoms with Gasteiger partial charge in [0.2, 0.25) is 15.9 Å². The average molecular weight is 348 g/mol. The third kappa shape index (κ3) is 3.63. The summed E-state index contributed by atoms with van der Waals surface area (Å²) < 4.78 is 41.2. The predicted molar refractivity (Wildman–Crippen MR) is 88.6 cm³/mol.